The molecule has 1 amide bonds. The van der Waals surface area contributed by atoms with E-state index >= 15 is 0 Å². The highest BCUT2D eigenvalue weighted by Crippen LogP contribution is 2.39. The van der Waals surface area contributed by atoms with Crippen LogP contribution in [0, 0.1) is 11.3 Å². The van der Waals surface area contributed by atoms with E-state index in [1.165, 1.54) is 38.5 Å². The number of hydrogen-bond acceptors (Lipinski definition) is 1. The fourth-order valence-electron chi connectivity index (χ4n) is 3.33. The van der Waals surface area contributed by atoms with Crippen molar-refractivity contribution in [2.45, 2.75) is 51.9 Å². The highest BCUT2D eigenvalue weighted by molar-refractivity contribution is 9.09. The van der Waals surface area contributed by atoms with Crippen molar-refractivity contribution in [3.05, 3.63) is 0 Å². The molecule has 0 aromatic rings. The first-order chi connectivity index (χ1) is 8.17. The molecule has 0 bridgehead atoms. The maximum atomic E-state index is 12.2. The third-order valence-corrected chi connectivity index (χ3v) is 5.71. The quantitative estimate of drug-likeness (QED) is 0.730. The van der Waals surface area contributed by atoms with Gasteiger partial charge in [0.2, 0.25) is 5.91 Å². The lowest BCUT2D eigenvalue weighted by Crippen LogP contribution is -2.47. The fourth-order valence-corrected chi connectivity index (χ4v) is 4.07. The van der Waals surface area contributed by atoms with E-state index in [9.17, 15) is 4.79 Å². The molecule has 1 heterocycles. The van der Waals surface area contributed by atoms with Gasteiger partial charge in [-0.1, -0.05) is 42.1 Å². The van der Waals surface area contributed by atoms with Gasteiger partial charge in [0.05, 0.1) is 0 Å². The van der Waals surface area contributed by atoms with Gasteiger partial charge in [0, 0.05) is 24.3 Å². The van der Waals surface area contributed by atoms with Crippen LogP contribution in [-0.2, 0) is 4.79 Å². The van der Waals surface area contributed by atoms with Crippen LogP contribution in [0.4, 0.5) is 0 Å². The van der Waals surface area contributed by atoms with Gasteiger partial charge in [0.15, 0.2) is 0 Å². The highest BCUT2D eigenvalue weighted by atomic mass is 79.9. The van der Waals surface area contributed by atoms with E-state index in [0.717, 1.165) is 24.8 Å². The van der Waals surface area contributed by atoms with Crippen molar-refractivity contribution in [3.8, 4) is 0 Å². The molecule has 2 nitrogen and oxygen atoms in total. The van der Waals surface area contributed by atoms with Crippen molar-refractivity contribution < 1.29 is 4.79 Å². The van der Waals surface area contributed by atoms with Gasteiger partial charge in [0.25, 0.3) is 0 Å². The highest BCUT2D eigenvalue weighted by Gasteiger charge is 2.36. The molecule has 1 unspecified atom stereocenters. The van der Waals surface area contributed by atoms with Gasteiger partial charge >= 0.3 is 0 Å². The van der Waals surface area contributed by atoms with Gasteiger partial charge < -0.3 is 4.90 Å². The molecule has 17 heavy (non-hydrogen) atoms. The van der Waals surface area contributed by atoms with E-state index in [0.29, 0.717) is 11.3 Å². The van der Waals surface area contributed by atoms with Crippen LogP contribution in [0.15, 0.2) is 0 Å². The number of halogens is 1. The average molecular weight is 302 g/mol. The molecule has 0 spiro atoms. The molecule has 3 heteroatoms. The fraction of sp³-hybridized carbons (Fsp3) is 0.929. The summed E-state index contributed by atoms with van der Waals surface area (Å²) in [5.41, 5.74) is 0.366. The SMILES string of the molecule is CC1CCCN(CC2(CBr)CCCCC2)C1=O. The number of carbonyl (C=O) groups is 1. The summed E-state index contributed by atoms with van der Waals surface area (Å²) in [6, 6.07) is 0. The summed E-state index contributed by atoms with van der Waals surface area (Å²) in [5, 5.41) is 1.05. The Hall–Kier alpha value is -0.0500. The molecule has 1 saturated carbocycles. The van der Waals surface area contributed by atoms with Gasteiger partial charge in [-0.15, -0.1) is 0 Å². The second-order valence-corrected chi connectivity index (χ2v) is 6.56. The predicted molar refractivity (Wildman–Crippen MR) is 74.3 cm³/mol. The molecule has 1 aliphatic carbocycles. The zero-order valence-electron chi connectivity index (χ0n) is 10.9. The lowest BCUT2D eigenvalue weighted by molar-refractivity contribution is -0.139. The smallest absolute Gasteiger partial charge is 0.225 e. The molecular weight excluding hydrogens is 278 g/mol. The molecule has 0 N–H and O–H groups in total. The minimum atomic E-state index is 0.250. The lowest BCUT2D eigenvalue weighted by Gasteiger charge is -2.42. The number of alkyl halides is 1. The summed E-state index contributed by atoms with van der Waals surface area (Å²) in [6.07, 6.45) is 8.89. The Kier molecular flexibility index (Phi) is 4.51. The van der Waals surface area contributed by atoms with Crippen molar-refractivity contribution in [2.75, 3.05) is 18.4 Å². The lowest BCUT2D eigenvalue weighted by atomic mass is 9.75. The number of piperidine rings is 1. The van der Waals surface area contributed by atoms with Crippen LogP contribution in [-0.4, -0.2) is 29.2 Å². The standard InChI is InChI=1S/C14H24BrNO/c1-12-6-5-9-16(13(12)17)11-14(10-15)7-3-2-4-8-14/h12H,2-11H2,1H3. The molecule has 0 aromatic carbocycles. The molecule has 0 aromatic heterocycles. The van der Waals surface area contributed by atoms with Gasteiger partial charge in [-0.3, -0.25) is 4.79 Å². The molecule has 1 aliphatic heterocycles. The third kappa shape index (κ3) is 3.04. The van der Waals surface area contributed by atoms with Crippen LogP contribution in [0.5, 0.6) is 0 Å². The van der Waals surface area contributed by atoms with Crippen LogP contribution < -0.4 is 0 Å². The number of amides is 1. The van der Waals surface area contributed by atoms with E-state index < -0.39 is 0 Å². The Morgan fingerprint density at radius 3 is 2.65 bits per heavy atom. The Labute approximate surface area is 113 Å². The zero-order chi connectivity index (χ0) is 12.3. The van der Waals surface area contributed by atoms with Gasteiger partial charge in [-0.2, -0.15) is 0 Å². The van der Waals surface area contributed by atoms with Gasteiger partial charge in [-0.25, -0.2) is 0 Å². The Bertz CT molecular complexity index is 273. The largest absolute Gasteiger partial charge is 0.342 e. The summed E-state index contributed by atoms with van der Waals surface area (Å²) < 4.78 is 0. The van der Waals surface area contributed by atoms with Crippen LogP contribution in [0.25, 0.3) is 0 Å². The van der Waals surface area contributed by atoms with Crippen LogP contribution in [0.2, 0.25) is 0 Å². The number of hydrogen-bond donors (Lipinski definition) is 0. The molecule has 2 fully saturated rings. The molecule has 0 radical (unpaired) electrons. The summed E-state index contributed by atoms with van der Waals surface area (Å²) >= 11 is 3.69. The monoisotopic (exact) mass is 301 g/mol. The van der Waals surface area contributed by atoms with E-state index in [4.69, 9.17) is 0 Å². The van der Waals surface area contributed by atoms with Crippen molar-refractivity contribution in [1.82, 2.24) is 4.90 Å². The topological polar surface area (TPSA) is 20.3 Å². The Morgan fingerprint density at radius 1 is 1.29 bits per heavy atom. The van der Waals surface area contributed by atoms with E-state index in [1.54, 1.807) is 0 Å². The van der Waals surface area contributed by atoms with Crippen molar-refractivity contribution >= 4 is 21.8 Å². The maximum Gasteiger partial charge on any atom is 0.225 e. The summed E-state index contributed by atoms with van der Waals surface area (Å²) in [5.74, 6) is 0.641. The molecule has 1 saturated heterocycles. The predicted octanol–water partition coefficient (Wildman–Crippen LogP) is 3.59. The molecule has 1 atom stereocenters. The minimum absolute atomic E-state index is 0.250. The first-order valence-electron chi connectivity index (χ1n) is 7.02. The first-order valence-corrected chi connectivity index (χ1v) is 8.14. The number of carbonyl (C=O) groups excluding carboxylic acids is 1. The van der Waals surface area contributed by atoms with E-state index in [2.05, 4.69) is 27.8 Å². The number of rotatable bonds is 3. The van der Waals surface area contributed by atoms with Crippen LogP contribution in [0.1, 0.15) is 51.9 Å². The average Bonchev–Trinajstić information content (AvgIpc) is 2.36. The van der Waals surface area contributed by atoms with Crippen LogP contribution in [0.3, 0.4) is 0 Å². The molecule has 98 valence electrons. The Morgan fingerprint density at radius 2 is 2.00 bits per heavy atom. The van der Waals surface area contributed by atoms with E-state index in [1.807, 2.05) is 0 Å². The van der Waals surface area contributed by atoms with Crippen LogP contribution >= 0.6 is 15.9 Å². The normalized spacial score (nSPS) is 29.4. The van der Waals surface area contributed by atoms with Crippen molar-refractivity contribution in [2.24, 2.45) is 11.3 Å². The number of nitrogens with zero attached hydrogens (tertiary/aromatic N) is 1. The van der Waals surface area contributed by atoms with E-state index in [-0.39, 0.29) is 5.92 Å². The zero-order valence-corrected chi connectivity index (χ0v) is 12.5. The first kappa shape index (κ1) is 13.4. The summed E-state index contributed by atoms with van der Waals surface area (Å²) in [7, 11) is 0. The second-order valence-electron chi connectivity index (χ2n) is 6.00. The molecular formula is C14H24BrNO. The molecule has 2 aliphatic rings. The minimum Gasteiger partial charge on any atom is -0.342 e. The van der Waals surface area contributed by atoms with Gasteiger partial charge in [0.1, 0.15) is 0 Å². The molecule has 2 rings (SSSR count). The Balaban J connectivity index is 1.99. The third-order valence-electron chi connectivity index (χ3n) is 4.52. The van der Waals surface area contributed by atoms with Crippen molar-refractivity contribution in [1.29, 1.82) is 0 Å². The number of likely N-dealkylation sites (tertiary alicyclic amines) is 1. The maximum absolute atomic E-state index is 12.2. The summed E-state index contributed by atoms with van der Waals surface area (Å²) in [4.78, 5) is 14.3. The second kappa shape index (κ2) is 5.73. The summed E-state index contributed by atoms with van der Waals surface area (Å²) in [6.45, 7) is 4.05. The van der Waals surface area contributed by atoms with Gasteiger partial charge in [-0.05, 0) is 31.1 Å². The van der Waals surface area contributed by atoms with Crippen molar-refractivity contribution in [3.63, 3.8) is 0 Å².